The highest BCUT2D eigenvalue weighted by atomic mass is 19.1. The van der Waals surface area contributed by atoms with E-state index >= 15 is 0 Å². The zero-order chi connectivity index (χ0) is 80.8. The molecule has 0 aliphatic rings. The lowest BCUT2D eigenvalue weighted by atomic mass is 9.87. The van der Waals surface area contributed by atoms with E-state index < -0.39 is 0 Å². The molecule has 0 saturated heterocycles. The fourth-order valence-electron chi connectivity index (χ4n) is 11.1. The van der Waals surface area contributed by atoms with Gasteiger partial charge in [0.05, 0.1) is 43.8 Å². The molecule has 0 atom stereocenters. The first-order valence-electron chi connectivity index (χ1n) is 38.1. The number of aromatic nitrogens is 10. The Balaban J connectivity index is 0.000000196. The lowest BCUT2D eigenvalue weighted by molar-refractivity contribution is 0.328. The SMILES string of the molecule is CNCCN(C)Cc1cn[nH]c1/C=C/c1ccc(-c2ccccc2)cc1.CNCCN(C)Cc1cn[nH]c1C#Cc1ccc(C(C)(C)C)cc1.CNCCN(C)Cc1cn[nH]c1C#Cc1ccc(F)cc1.CNCCN(C)Cc1cn[nH]c1C#Cc1cccc(OC)c1.CNCCN(C)Cc1cn[nH]c1C#Cc1ccccc1. The zero-order valence-corrected chi connectivity index (χ0v) is 68.4. The highest BCUT2D eigenvalue weighted by Gasteiger charge is 2.14. The second-order valence-electron chi connectivity index (χ2n) is 28.4. The second kappa shape index (κ2) is 49.8. The largest absolute Gasteiger partial charge is 0.497 e. The summed E-state index contributed by atoms with van der Waals surface area (Å²) in [6, 6.07) is 51.4. The second-order valence-corrected chi connectivity index (χ2v) is 28.4. The van der Waals surface area contributed by atoms with Crippen LogP contribution in [0.2, 0.25) is 0 Å². The Kier molecular flexibility index (Phi) is 39.2. The number of benzene rings is 6. The third-order valence-corrected chi connectivity index (χ3v) is 17.8. The number of nitrogens with zero attached hydrogens (tertiary/aromatic N) is 10. The quantitative estimate of drug-likeness (QED) is 0.0197. The molecule has 6 aromatic carbocycles. The topological polar surface area (TPSA) is 229 Å². The lowest BCUT2D eigenvalue weighted by Gasteiger charge is -2.18. The molecule has 11 rings (SSSR count). The molecule has 0 bridgehead atoms. The fraction of sp³-hybridized carbons (Fsp3) is 0.330. The Bertz CT molecular complexity index is 4780. The molecule has 0 unspecified atom stereocenters. The van der Waals surface area contributed by atoms with Gasteiger partial charge < -0.3 is 55.8 Å². The molecule has 0 fully saturated rings. The van der Waals surface area contributed by atoms with Gasteiger partial charge in [-0.2, -0.15) is 25.5 Å². The lowest BCUT2D eigenvalue weighted by Crippen LogP contribution is -2.27. The number of hydrogen-bond acceptors (Lipinski definition) is 16. The maximum Gasteiger partial charge on any atom is 0.123 e. The van der Waals surface area contributed by atoms with Crippen LogP contribution in [0.25, 0.3) is 23.3 Å². The van der Waals surface area contributed by atoms with Gasteiger partial charge >= 0.3 is 0 Å². The van der Waals surface area contributed by atoms with E-state index in [0.29, 0.717) is 0 Å². The third-order valence-electron chi connectivity index (χ3n) is 17.8. The number of halogens is 1. The monoisotopic (exact) mass is 1520 g/mol. The molecule has 0 saturated carbocycles. The highest BCUT2D eigenvalue weighted by molar-refractivity contribution is 5.72. The summed E-state index contributed by atoms with van der Waals surface area (Å²) in [6.45, 7) is 20.5. The summed E-state index contributed by atoms with van der Waals surface area (Å²) >= 11 is 0. The van der Waals surface area contributed by atoms with Crippen LogP contribution in [-0.4, -0.2) is 219 Å². The molecule has 592 valence electrons. The summed E-state index contributed by atoms with van der Waals surface area (Å²) in [7, 11) is 21.9. The summed E-state index contributed by atoms with van der Waals surface area (Å²) in [5.41, 5.74) is 19.0. The third kappa shape index (κ3) is 33.3. The Morgan fingerprint density at radius 3 is 1.10 bits per heavy atom. The minimum Gasteiger partial charge on any atom is -0.497 e. The minimum absolute atomic E-state index is 0.167. The van der Waals surface area contributed by atoms with E-state index in [2.05, 4.69) is 290 Å². The van der Waals surface area contributed by atoms with Gasteiger partial charge in [0.25, 0.3) is 0 Å². The summed E-state index contributed by atoms with van der Waals surface area (Å²) in [4.78, 5) is 11.2. The van der Waals surface area contributed by atoms with Crippen molar-refractivity contribution in [2.45, 2.75) is 58.9 Å². The molecule has 113 heavy (non-hydrogen) atoms. The number of ether oxygens (including phenoxy) is 1. The van der Waals surface area contributed by atoms with Crippen LogP contribution in [-0.2, 0) is 38.1 Å². The molecule has 0 aliphatic heterocycles. The first-order chi connectivity index (χ1) is 54.9. The normalized spacial score (nSPS) is 10.9. The van der Waals surface area contributed by atoms with Crippen molar-refractivity contribution in [3.05, 3.63) is 284 Å². The van der Waals surface area contributed by atoms with Crippen LogP contribution in [0.1, 0.15) is 110 Å². The van der Waals surface area contributed by atoms with Gasteiger partial charge in [-0.15, -0.1) is 0 Å². The van der Waals surface area contributed by atoms with Gasteiger partial charge in [0.1, 0.15) is 34.3 Å². The van der Waals surface area contributed by atoms with Crippen molar-refractivity contribution >= 4 is 12.2 Å². The Morgan fingerprint density at radius 1 is 0.372 bits per heavy atom. The molecule has 5 heterocycles. The molecule has 5 aromatic heterocycles. The van der Waals surface area contributed by atoms with Crippen molar-refractivity contribution < 1.29 is 9.13 Å². The van der Waals surface area contributed by atoms with Crippen molar-refractivity contribution in [3.63, 3.8) is 0 Å². The van der Waals surface area contributed by atoms with Gasteiger partial charge in [-0.05, 0) is 195 Å². The molecule has 10 N–H and O–H groups in total. The molecule has 0 radical (unpaired) electrons. The number of rotatable bonds is 29. The van der Waals surface area contributed by atoms with Gasteiger partial charge in [0.2, 0.25) is 0 Å². The van der Waals surface area contributed by atoms with E-state index in [1.165, 1.54) is 39.9 Å². The first-order valence-corrected chi connectivity index (χ1v) is 38.1. The average Bonchev–Trinajstić information content (AvgIpc) is 1.87. The van der Waals surface area contributed by atoms with E-state index in [-0.39, 0.29) is 11.2 Å². The number of methoxy groups -OCH3 is 1. The average molecular weight is 1520 g/mol. The van der Waals surface area contributed by atoms with Crippen molar-refractivity contribution in [2.75, 3.05) is 143 Å². The van der Waals surface area contributed by atoms with E-state index in [1.807, 2.05) is 121 Å². The predicted molar refractivity (Wildman–Crippen MR) is 460 cm³/mol. The van der Waals surface area contributed by atoms with Gasteiger partial charge in [0, 0.05) is 148 Å². The number of H-pyrrole nitrogens is 5. The van der Waals surface area contributed by atoms with Crippen LogP contribution >= 0.6 is 0 Å². The molecule has 11 aromatic rings. The number of hydrogen-bond donors (Lipinski definition) is 10. The van der Waals surface area contributed by atoms with Crippen LogP contribution in [0.5, 0.6) is 5.75 Å². The summed E-state index contributed by atoms with van der Waals surface area (Å²) in [5, 5.41) is 51.3. The number of likely N-dealkylation sites (N-methyl/N-ethyl adjacent to an activating group) is 10. The summed E-state index contributed by atoms with van der Waals surface area (Å²) in [6.07, 6.45) is 13.5. The Morgan fingerprint density at radius 2 is 0.708 bits per heavy atom. The van der Waals surface area contributed by atoms with Gasteiger partial charge in [-0.3, -0.25) is 25.5 Å². The summed E-state index contributed by atoms with van der Waals surface area (Å²) < 4.78 is 18.0. The van der Waals surface area contributed by atoms with Crippen molar-refractivity contribution in [2.24, 2.45) is 0 Å². The van der Waals surface area contributed by atoms with Crippen LogP contribution in [0.3, 0.4) is 0 Å². The molecular formula is C91H115FN20O. The molecule has 22 heteroatoms. The minimum atomic E-state index is -0.256. The van der Waals surface area contributed by atoms with E-state index in [9.17, 15) is 4.39 Å². The Labute approximate surface area is 670 Å². The Hall–Kier alpha value is -11.3. The first kappa shape index (κ1) is 88.9. The van der Waals surface area contributed by atoms with Crippen molar-refractivity contribution in [3.8, 4) is 64.2 Å². The van der Waals surface area contributed by atoms with Crippen LogP contribution in [0.15, 0.2) is 189 Å². The maximum absolute atomic E-state index is 12.8. The number of aromatic amines is 5. The summed E-state index contributed by atoms with van der Waals surface area (Å²) in [5.74, 6) is 25.7. The number of nitrogens with one attached hydrogen (secondary N) is 10. The fourth-order valence-corrected chi connectivity index (χ4v) is 11.1. The van der Waals surface area contributed by atoms with Gasteiger partial charge in [0.15, 0.2) is 0 Å². The highest BCUT2D eigenvalue weighted by Crippen LogP contribution is 2.24. The maximum atomic E-state index is 12.8. The van der Waals surface area contributed by atoms with E-state index in [0.717, 1.165) is 177 Å². The molecule has 0 aliphatic carbocycles. The predicted octanol–water partition coefficient (Wildman–Crippen LogP) is 11.2. The zero-order valence-electron chi connectivity index (χ0n) is 68.4. The molecular weight excluding hydrogens is 1410 g/mol. The molecule has 0 amide bonds. The van der Waals surface area contributed by atoms with Gasteiger partial charge in [-0.1, -0.05) is 142 Å². The van der Waals surface area contributed by atoms with Crippen molar-refractivity contribution in [1.29, 1.82) is 0 Å². The van der Waals surface area contributed by atoms with Gasteiger partial charge in [-0.25, -0.2) is 4.39 Å². The smallest absolute Gasteiger partial charge is 0.123 e. The van der Waals surface area contributed by atoms with Crippen LogP contribution in [0.4, 0.5) is 4.39 Å². The molecule has 0 spiro atoms. The van der Waals surface area contributed by atoms with Crippen LogP contribution < -0.4 is 31.3 Å². The van der Waals surface area contributed by atoms with E-state index in [4.69, 9.17) is 4.74 Å². The van der Waals surface area contributed by atoms with Crippen molar-refractivity contribution in [1.82, 2.24) is 102 Å². The molecule has 21 nitrogen and oxygen atoms in total. The van der Waals surface area contributed by atoms with Crippen LogP contribution in [0, 0.1) is 53.2 Å². The van der Waals surface area contributed by atoms with E-state index in [1.54, 1.807) is 25.4 Å². The standard InChI is InChI=1S/C22H26N4.C20H28N4.C17H22N4O.C16H19FN4.C16H20N4/c1-23-14-15-26(2)17-21-16-24-25-22(21)13-10-18-8-11-20(12-9-18)19-6-4-3-5-7-19;1-20(2,3)18-9-6-16(7-10-18)8-11-19-17(14-22-23-19)15-24(5)13-12-21-4;1-18-9-10-21(2)13-15-12-19-20-17(15)8-7-14-5-4-6-16(11-14)22-3;1-18-9-10-21(2)12-14-11-19-20-16(14)8-5-13-3-6-15(17)7-4-13;1-17-10-11-20(2)13-15-12-18-19-16(15)9-8-14-6-4-3-5-7-14/h3-13,16,23H,14-15,17H2,1-2H3,(H,24,25);6-7,9-10,14,21H,12-13,15H2,1-5H3,(H,22,23);4-6,11-12,18H,9-10,13H2,1-3H3,(H,19,20);3-4,6-7,11,18H,9-10,12H2,1-2H3,(H,19,20);3-7,12,17H,10-11,13H2,1-2H3,(H,18,19)/b13-10+;;;;.